The Labute approximate surface area is 429 Å². The average molecular weight is 1060 g/mol. The lowest BCUT2D eigenvalue weighted by Crippen LogP contribution is -2.36. The zero-order chi connectivity index (χ0) is 52.5. The van der Waals surface area contributed by atoms with E-state index in [1.807, 2.05) is 22.4 Å². The van der Waals surface area contributed by atoms with Crippen LogP contribution in [0.15, 0.2) is 52.3 Å². The molecule has 22 heteroatoms. The predicted molar refractivity (Wildman–Crippen MR) is 266 cm³/mol. The fourth-order valence-corrected chi connectivity index (χ4v) is 7.67. The van der Waals surface area contributed by atoms with Crippen molar-refractivity contribution in [3.8, 4) is 5.75 Å². The summed E-state index contributed by atoms with van der Waals surface area (Å²) in [6.07, 6.45) is 2.72. The fourth-order valence-electron chi connectivity index (χ4n) is 6.88. The van der Waals surface area contributed by atoms with Crippen molar-refractivity contribution >= 4 is 40.8 Å². The Morgan fingerprint density at radius 1 is 0.658 bits per heavy atom. The highest BCUT2D eigenvalue weighted by Crippen LogP contribution is 2.33. The van der Waals surface area contributed by atoms with Crippen molar-refractivity contribution in [3.63, 3.8) is 0 Å². The van der Waals surface area contributed by atoms with E-state index in [2.05, 4.69) is 59.8 Å². The predicted octanol–water partition coefficient (Wildman–Crippen LogP) is 6.67. The van der Waals surface area contributed by atoms with E-state index in [0.717, 1.165) is 35.6 Å². The molecule has 0 saturated heterocycles. The minimum Gasteiger partial charge on any atom is -0.420 e. The smallest absolute Gasteiger partial charge is 0.313 e. The summed E-state index contributed by atoms with van der Waals surface area (Å²) in [6.45, 7) is 13.9. The number of benzene rings is 2. The molecule has 0 bridgehead atoms. The van der Waals surface area contributed by atoms with E-state index >= 15 is 0 Å². The molecular formula is C51H72F4N4O13S. The van der Waals surface area contributed by atoms with Crippen molar-refractivity contribution in [3.05, 3.63) is 86.6 Å². The van der Waals surface area contributed by atoms with Crippen LogP contribution in [0.5, 0.6) is 5.75 Å². The number of ether oxygens (including phenoxy) is 11. The largest absolute Gasteiger partial charge is 0.420 e. The molecular weight excluding hydrogens is 985 g/mol. The quantitative estimate of drug-likeness (QED) is 0.0209. The van der Waals surface area contributed by atoms with Gasteiger partial charge >= 0.3 is 5.97 Å². The maximum Gasteiger partial charge on any atom is 0.313 e. The molecule has 0 radical (unpaired) electrons. The van der Waals surface area contributed by atoms with Crippen LogP contribution in [0.25, 0.3) is 6.08 Å². The number of likely N-dealkylation sites (N-methyl/N-ethyl adjacent to an activating group) is 1. The van der Waals surface area contributed by atoms with Crippen molar-refractivity contribution in [2.75, 3.05) is 152 Å². The van der Waals surface area contributed by atoms with Crippen LogP contribution in [0.3, 0.4) is 0 Å². The van der Waals surface area contributed by atoms with Gasteiger partial charge in [0.25, 0.3) is 5.91 Å². The Morgan fingerprint density at radius 3 is 1.58 bits per heavy atom. The van der Waals surface area contributed by atoms with Crippen LogP contribution < -0.4 is 10.5 Å². The van der Waals surface area contributed by atoms with Crippen LogP contribution in [0.2, 0.25) is 0 Å². The van der Waals surface area contributed by atoms with Gasteiger partial charge in [0.15, 0.2) is 11.6 Å². The number of carbonyl (C=O) groups is 2. The molecule has 0 aliphatic carbocycles. The monoisotopic (exact) mass is 1060 g/mol. The highest BCUT2D eigenvalue weighted by molar-refractivity contribution is 7.11. The molecule has 0 fully saturated rings. The van der Waals surface area contributed by atoms with E-state index in [1.165, 1.54) is 5.56 Å². The van der Waals surface area contributed by atoms with Gasteiger partial charge in [-0.1, -0.05) is 31.2 Å². The second-order valence-corrected chi connectivity index (χ2v) is 17.4. The molecule has 73 heavy (non-hydrogen) atoms. The molecule has 4 rings (SSSR count). The van der Waals surface area contributed by atoms with E-state index in [4.69, 9.17) is 53.1 Å². The van der Waals surface area contributed by atoms with Gasteiger partial charge in [-0.25, -0.2) is 13.8 Å². The maximum atomic E-state index is 13.8. The molecule has 17 nitrogen and oxygen atoms in total. The molecule has 408 valence electrons. The number of hydrogen-bond donors (Lipinski definition) is 1. The standard InChI is InChI=1S/C51H72F4N4O13S/c1-4-11-59(51(61)41-34-45-44(10-33-73-45)57-46(56)35-41)38(2)40-7-5-39(6-8-40)37-58(3)12-14-63-16-18-65-20-22-67-24-26-69-28-30-71-32-31-70-29-27-68-25-23-66-21-19-64-17-15-62-13-9-47(60)72-50-48(54)42(52)36-43(53)49(50)55/h5-8,10,33-34,36,38H,4,9,11-32,35,37H2,1-3H3,(H2,56,57). The molecule has 1 unspecified atom stereocenters. The minimum absolute atomic E-state index is 0.00745. The summed E-state index contributed by atoms with van der Waals surface area (Å²) < 4.78 is 113. The zero-order valence-corrected chi connectivity index (χ0v) is 43.0. The van der Waals surface area contributed by atoms with Crippen LogP contribution in [-0.4, -0.2) is 180 Å². The second-order valence-electron chi connectivity index (χ2n) is 16.4. The fraction of sp³-hybridized carbons (Fsp3) is 0.588. The highest BCUT2D eigenvalue weighted by Gasteiger charge is 2.27. The van der Waals surface area contributed by atoms with E-state index in [-0.39, 0.29) is 37.8 Å². The third-order valence-corrected chi connectivity index (χ3v) is 11.6. The Hall–Kier alpha value is -4.43. The Kier molecular flexibility index (Phi) is 30.6. The van der Waals surface area contributed by atoms with E-state index in [0.29, 0.717) is 137 Å². The number of carbonyl (C=O) groups excluding carboxylic acids is 2. The van der Waals surface area contributed by atoms with Crippen molar-refractivity contribution in [1.82, 2.24) is 9.80 Å². The average Bonchev–Trinajstić information content (AvgIpc) is 3.74. The van der Waals surface area contributed by atoms with Crippen molar-refractivity contribution in [2.45, 2.75) is 45.7 Å². The van der Waals surface area contributed by atoms with Crippen LogP contribution in [-0.2, 0) is 63.5 Å². The molecule has 3 aromatic rings. The van der Waals surface area contributed by atoms with Gasteiger partial charge in [0.2, 0.25) is 17.4 Å². The summed E-state index contributed by atoms with van der Waals surface area (Å²) >= 11 is 1.56. The van der Waals surface area contributed by atoms with Crippen LogP contribution >= 0.6 is 11.3 Å². The summed E-state index contributed by atoms with van der Waals surface area (Å²) in [4.78, 5) is 35.1. The Bertz CT molecular complexity index is 2080. The molecule has 1 atom stereocenters. The topological polar surface area (TPSA) is 181 Å². The van der Waals surface area contributed by atoms with Crippen LogP contribution in [0.1, 0.15) is 55.2 Å². The number of amidine groups is 1. The Morgan fingerprint density at radius 2 is 1.11 bits per heavy atom. The number of hydrogen-bond acceptors (Lipinski definition) is 17. The number of nitrogens with zero attached hydrogens (tertiary/aromatic N) is 3. The molecule has 0 saturated carbocycles. The number of halogens is 4. The van der Waals surface area contributed by atoms with Gasteiger partial charge in [-0.15, -0.1) is 11.3 Å². The summed E-state index contributed by atoms with van der Waals surface area (Å²) in [5.41, 5.74) is 9.92. The summed E-state index contributed by atoms with van der Waals surface area (Å²) in [5.74, 6) is -9.06. The van der Waals surface area contributed by atoms with Crippen molar-refractivity contribution < 1.29 is 79.3 Å². The van der Waals surface area contributed by atoms with Gasteiger partial charge in [0.05, 0.1) is 155 Å². The third kappa shape index (κ3) is 24.2. The van der Waals surface area contributed by atoms with Gasteiger partial charge in [0, 0.05) is 37.7 Å². The molecule has 2 aromatic carbocycles. The van der Waals surface area contributed by atoms with Crippen molar-refractivity contribution in [2.24, 2.45) is 10.7 Å². The SMILES string of the molecule is CCCN(C(=O)C1=Cc2sccc2N=C(N)C1)C(C)c1ccc(CN(C)CCOCCOCCOCCOCCOCCOCCOCCOCCOCCOCCC(=O)Oc2c(F)c(F)cc(F)c2F)cc1. The number of thiophene rings is 1. The first-order valence-corrected chi connectivity index (χ1v) is 25.4. The number of esters is 1. The second kappa shape index (κ2) is 36.5. The first-order valence-electron chi connectivity index (χ1n) is 24.5. The maximum absolute atomic E-state index is 13.8. The van der Waals surface area contributed by atoms with Gasteiger partial charge in [0.1, 0.15) is 5.84 Å². The number of aliphatic imine (C=N–C) groups is 1. The molecule has 1 aliphatic heterocycles. The number of amides is 1. The first kappa shape index (κ1) is 61.1. The minimum atomic E-state index is -1.80. The molecule has 2 heterocycles. The van der Waals surface area contributed by atoms with Crippen LogP contribution in [0.4, 0.5) is 23.2 Å². The number of nitrogens with two attached hydrogens (primary N) is 1. The molecule has 2 N–H and O–H groups in total. The first-order chi connectivity index (χ1) is 35.5. The van der Waals surface area contributed by atoms with Gasteiger partial charge in [-0.2, -0.15) is 8.78 Å². The molecule has 1 amide bonds. The van der Waals surface area contributed by atoms with E-state index in [1.54, 1.807) is 11.3 Å². The van der Waals surface area contributed by atoms with Crippen molar-refractivity contribution in [1.29, 1.82) is 0 Å². The lowest BCUT2D eigenvalue weighted by molar-refractivity contribution is -0.136. The van der Waals surface area contributed by atoms with Gasteiger partial charge < -0.3 is 62.7 Å². The summed E-state index contributed by atoms with van der Waals surface area (Å²) in [6, 6.07) is 10.3. The molecule has 1 aliphatic rings. The zero-order valence-electron chi connectivity index (χ0n) is 42.2. The van der Waals surface area contributed by atoms with E-state index in [9.17, 15) is 27.2 Å². The lowest BCUT2D eigenvalue weighted by Gasteiger charge is -2.30. The third-order valence-electron chi connectivity index (χ3n) is 10.7. The summed E-state index contributed by atoms with van der Waals surface area (Å²) in [7, 11) is 2.07. The normalized spacial score (nSPS) is 12.9. The molecule has 0 spiro atoms. The number of rotatable bonds is 41. The van der Waals surface area contributed by atoms with Crippen LogP contribution in [0, 0.1) is 23.3 Å². The van der Waals surface area contributed by atoms with Gasteiger partial charge in [-0.05, 0) is 49.0 Å². The highest BCUT2D eigenvalue weighted by atomic mass is 32.1. The molecule has 1 aromatic heterocycles. The lowest BCUT2D eigenvalue weighted by atomic mass is 10.0. The number of fused-ring (bicyclic) bond motifs is 1. The summed E-state index contributed by atoms with van der Waals surface area (Å²) in [5, 5.41) is 1.96. The Balaban J connectivity index is 0.845. The van der Waals surface area contributed by atoms with E-state index < -0.39 is 41.4 Å². The van der Waals surface area contributed by atoms with Gasteiger partial charge in [-0.3, -0.25) is 14.5 Å².